The Kier molecular flexibility index (Phi) is 6.47. The van der Waals surface area contributed by atoms with Crippen LogP contribution in [-0.2, 0) is 0 Å². The van der Waals surface area contributed by atoms with Crippen LogP contribution in [0.2, 0.25) is 0 Å². The maximum absolute atomic E-state index is 9.22. The van der Waals surface area contributed by atoms with Gasteiger partial charge in [0.2, 0.25) is 0 Å². The highest BCUT2D eigenvalue weighted by atomic mass is 32.1. The number of para-hydroxylation sites is 2. The summed E-state index contributed by atoms with van der Waals surface area (Å²) in [4.78, 5) is 0. The summed E-state index contributed by atoms with van der Waals surface area (Å²) >= 11 is 1.86. The van der Waals surface area contributed by atoms with Crippen LogP contribution in [0.5, 0.6) is 0 Å². The summed E-state index contributed by atoms with van der Waals surface area (Å²) in [5.74, 6) is 0. The maximum Gasteiger partial charge on any atom is 0.0710 e. The quantitative estimate of drug-likeness (QED) is 0.179. The highest BCUT2D eigenvalue weighted by Gasteiger charge is 2.17. The lowest BCUT2D eigenvalue weighted by atomic mass is 9.98. The maximum atomic E-state index is 9.22. The molecule has 0 unspecified atom stereocenters. The number of nitrogens with one attached hydrogen (secondary N) is 2. The zero-order valence-electron chi connectivity index (χ0n) is 25.4. The lowest BCUT2D eigenvalue weighted by Crippen LogP contribution is -2.13. The van der Waals surface area contributed by atoms with Gasteiger partial charge in [0.05, 0.1) is 22.4 Å². The summed E-state index contributed by atoms with van der Waals surface area (Å²) in [5, 5.41) is 14.2. The van der Waals surface area contributed by atoms with E-state index < -0.39 is 0 Å². The Morgan fingerprint density at radius 3 is 2.04 bits per heavy atom. The first kappa shape index (κ1) is 27.3. The number of benzene rings is 7. The molecule has 9 rings (SSSR count). The molecule has 0 fully saturated rings. The molecular formula is C43H29N3S. The number of nitrogens with zero attached hydrogens (tertiary/aromatic N) is 1. The van der Waals surface area contributed by atoms with E-state index in [1.807, 2.05) is 47.7 Å². The smallest absolute Gasteiger partial charge is 0.0710 e. The Balaban J connectivity index is 1.12. The molecule has 0 aliphatic rings. The highest BCUT2D eigenvalue weighted by molar-refractivity contribution is 7.26. The Morgan fingerprint density at radius 2 is 1.17 bits per heavy atom. The summed E-state index contributed by atoms with van der Waals surface area (Å²) in [5.41, 5.74) is 13.7. The van der Waals surface area contributed by atoms with Crippen LogP contribution in [-0.4, -0.2) is 10.4 Å². The first-order chi connectivity index (χ1) is 23.2. The second-order valence-corrected chi connectivity index (χ2v) is 12.9. The fourth-order valence-electron chi connectivity index (χ4n) is 6.77. The van der Waals surface area contributed by atoms with Gasteiger partial charge in [0.15, 0.2) is 0 Å². The van der Waals surface area contributed by atoms with Crippen LogP contribution >= 0.6 is 11.3 Å². The third-order valence-corrected chi connectivity index (χ3v) is 10.3. The second kappa shape index (κ2) is 11.1. The molecule has 0 spiro atoms. The van der Waals surface area contributed by atoms with Gasteiger partial charge in [-0.3, -0.25) is 15.5 Å². The van der Waals surface area contributed by atoms with Crippen LogP contribution in [0.15, 0.2) is 164 Å². The van der Waals surface area contributed by atoms with Gasteiger partial charge in [-0.2, -0.15) is 0 Å². The molecule has 0 bridgehead atoms. The van der Waals surface area contributed by atoms with E-state index in [0.717, 1.165) is 33.4 Å². The first-order valence-electron chi connectivity index (χ1n) is 15.8. The van der Waals surface area contributed by atoms with Gasteiger partial charge in [0, 0.05) is 42.1 Å². The molecule has 47 heavy (non-hydrogen) atoms. The molecule has 0 atom stereocenters. The third kappa shape index (κ3) is 4.61. The average Bonchev–Trinajstić information content (AvgIpc) is 3.67. The number of aromatic nitrogens is 1. The van der Waals surface area contributed by atoms with Crippen LogP contribution < -0.4 is 5.43 Å². The van der Waals surface area contributed by atoms with E-state index in [1.165, 1.54) is 47.6 Å². The Hall–Kier alpha value is -5.97. The van der Waals surface area contributed by atoms with Crippen molar-refractivity contribution in [1.29, 1.82) is 5.41 Å². The predicted molar refractivity (Wildman–Crippen MR) is 201 cm³/mol. The zero-order valence-corrected chi connectivity index (χ0v) is 26.3. The highest BCUT2D eigenvalue weighted by Crippen LogP contribution is 2.41. The predicted octanol–water partition coefficient (Wildman–Crippen LogP) is 11.8. The first-order valence-corrected chi connectivity index (χ1v) is 16.6. The summed E-state index contributed by atoms with van der Waals surface area (Å²) < 4.78 is 4.80. The van der Waals surface area contributed by atoms with Crippen LogP contribution in [0, 0.1) is 5.41 Å². The standard InChI is InChI=1S/C43H29N3S/c44-42(30-23-21-29(22-24-30)28-11-2-1-3-12-28)36-15-4-7-18-38(36)45-46-39-19-8-5-13-33(39)37-27-31(25-26-40(37)46)32-16-10-17-35-34-14-6-9-20-41(34)47-43(32)35/h1-27,44-45H. The van der Waals surface area contributed by atoms with E-state index >= 15 is 0 Å². The van der Waals surface area contributed by atoms with Crippen molar-refractivity contribution >= 4 is 64.7 Å². The van der Waals surface area contributed by atoms with Gasteiger partial charge in [-0.15, -0.1) is 11.3 Å². The SMILES string of the molecule is N=C(c1ccc(-c2ccccc2)cc1)c1ccccc1Nn1c2ccccc2c2cc(-c3cccc4c3sc3ccccc34)ccc21. The molecule has 0 saturated heterocycles. The molecule has 222 valence electrons. The molecule has 2 N–H and O–H groups in total. The molecule has 3 nitrogen and oxygen atoms in total. The largest absolute Gasteiger partial charge is 0.300 e. The Bertz CT molecular complexity index is 2610. The zero-order chi connectivity index (χ0) is 31.3. The van der Waals surface area contributed by atoms with Crippen molar-refractivity contribution < 1.29 is 0 Å². The van der Waals surface area contributed by atoms with Gasteiger partial charge in [-0.1, -0.05) is 133 Å². The number of hydrogen-bond donors (Lipinski definition) is 2. The van der Waals surface area contributed by atoms with E-state index in [-0.39, 0.29) is 0 Å². The minimum absolute atomic E-state index is 0.479. The number of rotatable bonds is 6. The molecule has 0 aliphatic heterocycles. The average molecular weight is 620 g/mol. The minimum atomic E-state index is 0.479. The minimum Gasteiger partial charge on any atom is -0.300 e. The van der Waals surface area contributed by atoms with Crippen molar-refractivity contribution in [3.8, 4) is 22.3 Å². The van der Waals surface area contributed by atoms with Crippen LogP contribution in [0.4, 0.5) is 5.69 Å². The Morgan fingerprint density at radius 1 is 0.511 bits per heavy atom. The van der Waals surface area contributed by atoms with Gasteiger partial charge in [-0.05, 0) is 52.6 Å². The lowest BCUT2D eigenvalue weighted by Gasteiger charge is -2.16. The lowest BCUT2D eigenvalue weighted by molar-refractivity contribution is 1.06. The van der Waals surface area contributed by atoms with Crippen molar-refractivity contribution in [1.82, 2.24) is 4.68 Å². The molecule has 4 heteroatoms. The third-order valence-electron chi connectivity index (χ3n) is 9.10. The van der Waals surface area contributed by atoms with E-state index in [4.69, 9.17) is 0 Å². The van der Waals surface area contributed by atoms with Crippen molar-refractivity contribution in [3.63, 3.8) is 0 Å². The second-order valence-electron chi connectivity index (χ2n) is 11.8. The van der Waals surface area contributed by atoms with Gasteiger partial charge in [0.25, 0.3) is 0 Å². The molecule has 9 aromatic rings. The Labute approximate surface area is 276 Å². The molecule has 0 aliphatic carbocycles. The van der Waals surface area contributed by atoms with Gasteiger partial charge < -0.3 is 0 Å². The topological polar surface area (TPSA) is 40.8 Å². The number of thiophene rings is 1. The van der Waals surface area contributed by atoms with E-state index in [2.05, 4.69) is 137 Å². The summed E-state index contributed by atoms with van der Waals surface area (Å²) in [6, 6.07) is 57.4. The monoisotopic (exact) mass is 619 g/mol. The van der Waals surface area contributed by atoms with Crippen LogP contribution in [0.3, 0.4) is 0 Å². The molecule has 7 aromatic carbocycles. The molecule has 0 radical (unpaired) electrons. The van der Waals surface area contributed by atoms with E-state index in [0.29, 0.717) is 5.71 Å². The van der Waals surface area contributed by atoms with Crippen molar-refractivity contribution in [3.05, 3.63) is 175 Å². The van der Waals surface area contributed by atoms with Crippen LogP contribution in [0.25, 0.3) is 64.2 Å². The van der Waals surface area contributed by atoms with Crippen molar-refractivity contribution in [2.24, 2.45) is 0 Å². The molecular weight excluding hydrogens is 591 g/mol. The summed E-state index contributed by atoms with van der Waals surface area (Å²) in [6.45, 7) is 0. The molecule has 0 saturated carbocycles. The van der Waals surface area contributed by atoms with E-state index in [1.54, 1.807) is 0 Å². The van der Waals surface area contributed by atoms with Gasteiger partial charge in [0.1, 0.15) is 0 Å². The van der Waals surface area contributed by atoms with Crippen LogP contribution in [0.1, 0.15) is 11.1 Å². The summed E-state index contributed by atoms with van der Waals surface area (Å²) in [7, 11) is 0. The number of hydrogen-bond acceptors (Lipinski definition) is 3. The summed E-state index contributed by atoms with van der Waals surface area (Å²) in [6.07, 6.45) is 0. The van der Waals surface area contributed by atoms with Crippen molar-refractivity contribution in [2.45, 2.75) is 0 Å². The number of anilines is 1. The molecule has 2 heterocycles. The van der Waals surface area contributed by atoms with Gasteiger partial charge in [-0.25, -0.2) is 0 Å². The number of fused-ring (bicyclic) bond motifs is 6. The van der Waals surface area contributed by atoms with Gasteiger partial charge >= 0.3 is 0 Å². The van der Waals surface area contributed by atoms with Crippen molar-refractivity contribution in [2.75, 3.05) is 5.43 Å². The van der Waals surface area contributed by atoms with E-state index in [9.17, 15) is 5.41 Å². The molecule has 2 aromatic heterocycles. The normalized spacial score (nSPS) is 11.5. The molecule has 0 amide bonds. The fraction of sp³-hybridized carbons (Fsp3) is 0. The fourth-order valence-corrected chi connectivity index (χ4v) is 8.01.